The molecule has 0 radical (unpaired) electrons. The molecule has 4 aliphatic rings. The van der Waals surface area contributed by atoms with E-state index in [1.54, 1.807) is 0 Å². The van der Waals surface area contributed by atoms with Crippen LogP contribution in [0.1, 0.15) is 58.3 Å². The fourth-order valence-electron chi connectivity index (χ4n) is 4.28. The molecule has 2 bridgehead atoms. The molecule has 0 aromatic carbocycles. The van der Waals surface area contributed by atoms with Crippen LogP contribution in [0.4, 0.5) is 4.39 Å². The zero-order valence-electron chi connectivity index (χ0n) is 10.6. The molecule has 0 amide bonds. The number of rotatable bonds is 1. The molecule has 0 atom stereocenters. The average Bonchev–Trinajstić information content (AvgIpc) is 2.30. The van der Waals surface area contributed by atoms with Crippen molar-refractivity contribution in [3.8, 4) is 0 Å². The Morgan fingerprint density at radius 3 is 2.24 bits per heavy atom. The molecule has 0 heterocycles. The lowest BCUT2D eigenvalue weighted by molar-refractivity contribution is 0.0525. The fourth-order valence-corrected chi connectivity index (χ4v) is 5.09. The average molecular weight is 348 g/mol. The van der Waals surface area contributed by atoms with E-state index in [-0.39, 0.29) is 14.7 Å². The maximum atomic E-state index is 14.5. The van der Waals surface area contributed by atoms with E-state index < -0.39 is 0 Å². The van der Waals surface area contributed by atoms with E-state index in [0.29, 0.717) is 5.92 Å². The number of halogens is 2. The minimum atomic E-state index is -0.0347. The van der Waals surface area contributed by atoms with Crippen LogP contribution >= 0.6 is 22.6 Å². The fraction of sp³-hybridized carbons (Fsp3) is 0.867. The molecular formula is C15H22FI. The lowest BCUT2D eigenvalue weighted by Crippen LogP contribution is -2.45. The molecule has 0 N–H and O–H groups in total. The van der Waals surface area contributed by atoms with Crippen LogP contribution in [0.2, 0.25) is 0 Å². The quantitative estimate of drug-likeness (QED) is 0.439. The Morgan fingerprint density at radius 1 is 1.12 bits per heavy atom. The highest BCUT2D eigenvalue weighted by atomic mass is 127. The van der Waals surface area contributed by atoms with Crippen molar-refractivity contribution >= 4 is 22.6 Å². The number of hydrogen-bond acceptors (Lipinski definition) is 0. The minimum Gasteiger partial charge on any atom is -0.211 e. The maximum absolute atomic E-state index is 14.5. The van der Waals surface area contributed by atoms with Crippen molar-refractivity contribution < 1.29 is 4.39 Å². The van der Waals surface area contributed by atoms with Crippen LogP contribution in [0.25, 0.3) is 0 Å². The number of hydrogen-bond donors (Lipinski definition) is 0. The third-order valence-corrected chi connectivity index (χ3v) is 7.02. The van der Waals surface area contributed by atoms with E-state index in [9.17, 15) is 4.39 Å². The standard InChI is InChI=1S/C15H22FI/c1-11-2-4-12(5-3-11)15-8-6-14(17,7-9-15)10-13(15)16/h10-12H,2-9H2,1H3. The molecular weight excluding hydrogens is 326 g/mol. The summed E-state index contributed by atoms with van der Waals surface area (Å²) in [4.78, 5) is 0. The Kier molecular flexibility index (Phi) is 3.08. The summed E-state index contributed by atoms with van der Waals surface area (Å²) < 4.78 is 14.7. The molecule has 4 aliphatic carbocycles. The highest BCUT2D eigenvalue weighted by molar-refractivity contribution is 14.1. The first-order valence-corrected chi connectivity index (χ1v) is 8.20. The van der Waals surface area contributed by atoms with Crippen molar-refractivity contribution in [3.05, 3.63) is 11.9 Å². The van der Waals surface area contributed by atoms with Crippen molar-refractivity contribution in [2.75, 3.05) is 0 Å². The van der Waals surface area contributed by atoms with Gasteiger partial charge in [-0.3, -0.25) is 0 Å². The number of allylic oxidation sites excluding steroid dienone is 2. The summed E-state index contributed by atoms with van der Waals surface area (Å²) in [6, 6.07) is 0. The smallest absolute Gasteiger partial charge is 0.104 e. The van der Waals surface area contributed by atoms with Gasteiger partial charge < -0.3 is 0 Å². The maximum Gasteiger partial charge on any atom is 0.104 e. The number of fused-ring (bicyclic) bond motifs is 2. The van der Waals surface area contributed by atoms with Crippen molar-refractivity contribution in [2.24, 2.45) is 17.3 Å². The third kappa shape index (κ3) is 1.98. The zero-order chi connectivity index (χ0) is 12.1. The van der Waals surface area contributed by atoms with Gasteiger partial charge in [-0.15, -0.1) is 0 Å². The summed E-state index contributed by atoms with van der Waals surface area (Å²) in [6.45, 7) is 2.34. The van der Waals surface area contributed by atoms with Gasteiger partial charge in [0.25, 0.3) is 0 Å². The van der Waals surface area contributed by atoms with Gasteiger partial charge in [-0.1, -0.05) is 42.4 Å². The normalized spacial score (nSPS) is 50.2. The van der Waals surface area contributed by atoms with Crippen LogP contribution < -0.4 is 0 Å². The van der Waals surface area contributed by atoms with Crippen LogP contribution in [0.3, 0.4) is 0 Å². The van der Waals surface area contributed by atoms with E-state index in [1.165, 1.54) is 38.5 Å². The minimum absolute atomic E-state index is 0.0347. The van der Waals surface area contributed by atoms with Gasteiger partial charge in [-0.25, -0.2) is 4.39 Å². The first kappa shape index (κ1) is 12.4. The molecule has 2 heteroatoms. The second kappa shape index (κ2) is 4.21. The Hall–Kier alpha value is 0.400. The summed E-state index contributed by atoms with van der Waals surface area (Å²) >= 11 is 2.47. The van der Waals surface area contributed by atoms with E-state index >= 15 is 0 Å². The van der Waals surface area contributed by atoms with E-state index in [0.717, 1.165) is 18.8 Å². The number of alkyl halides is 1. The van der Waals surface area contributed by atoms with Gasteiger partial charge in [0.15, 0.2) is 0 Å². The van der Waals surface area contributed by atoms with Gasteiger partial charge in [0, 0.05) is 8.84 Å². The predicted octanol–water partition coefficient (Wildman–Crippen LogP) is 5.41. The topological polar surface area (TPSA) is 0 Å². The molecule has 0 unspecified atom stereocenters. The summed E-state index contributed by atoms with van der Waals surface area (Å²) in [7, 11) is 0. The highest BCUT2D eigenvalue weighted by Gasteiger charge is 2.52. The molecule has 0 aromatic rings. The largest absolute Gasteiger partial charge is 0.211 e. The van der Waals surface area contributed by atoms with Gasteiger partial charge in [0.2, 0.25) is 0 Å². The van der Waals surface area contributed by atoms with Crippen LogP contribution in [0.5, 0.6) is 0 Å². The third-order valence-electron chi connectivity index (χ3n) is 5.63. The summed E-state index contributed by atoms with van der Waals surface area (Å²) in [5.74, 6) is 1.76. The second-order valence-corrected chi connectivity index (χ2v) is 8.79. The van der Waals surface area contributed by atoms with Gasteiger partial charge in [-0.05, 0) is 56.4 Å². The monoisotopic (exact) mass is 348 g/mol. The zero-order valence-corrected chi connectivity index (χ0v) is 12.8. The molecule has 0 nitrogen and oxygen atoms in total. The van der Waals surface area contributed by atoms with E-state index in [1.807, 2.05) is 6.08 Å². The van der Waals surface area contributed by atoms with Crippen LogP contribution in [0.15, 0.2) is 11.9 Å². The Labute approximate surface area is 118 Å². The molecule has 17 heavy (non-hydrogen) atoms. The predicted molar refractivity (Wildman–Crippen MR) is 78.0 cm³/mol. The van der Waals surface area contributed by atoms with Gasteiger partial charge in [0.1, 0.15) is 5.83 Å². The van der Waals surface area contributed by atoms with E-state index in [4.69, 9.17) is 0 Å². The van der Waals surface area contributed by atoms with Crippen LogP contribution in [-0.2, 0) is 0 Å². The van der Waals surface area contributed by atoms with Crippen molar-refractivity contribution in [3.63, 3.8) is 0 Å². The Morgan fingerprint density at radius 2 is 1.71 bits per heavy atom. The molecule has 2 fully saturated rings. The molecule has 0 saturated heterocycles. The summed E-state index contributed by atoms with van der Waals surface area (Å²) in [5.41, 5.74) is -0.0347. The molecule has 0 aliphatic heterocycles. The highest BCUT2D eigenvalue weighted by Crippen LogP contribution is 2.61. The van der Waals surface area contributed by atoms with E-state index in [2.05, 4.69) is 29.5 Å². The van der Waals surface area contributed by atoms with Crippen LogP contribution in [0, 0.1) is 17.3 Å². The van der Waals surface area contributed by atoms with Crippen molar-refractivity contribution in [1.82, 2.24) is 0 Å². The van der Waals surface area contributed by atoms with Crippen molar-refractivity contribution in [2.45, 2.75) is 61.7 Å². The second-order valence-electron chi connectivity index (χ2n) is 6.64. The Balaban J connectivity index is 1.84. The molecule has 2 saturated carbocycles. The first-order chi connectivity index (χ1) is 8.04. The SMILES string of the molecule is CC1CCC(C23CCC(I)(C=C2F)CC3)CC1. The van der Waals surface area contributed by atoms with Crippen molar-refractivity contribution in [1.29, 1.82) is 0 Å². The summed E-state index contributed by atoms with van der Waals surface area (Å²) in [6.07, 6.45) is 11.7. The molecule has 0 aromatic heterocycles. The van der Waals surface area contributed by atoms with Gasteiger partial charge in [0.05, 0.1) is 0 Å². The molecule has 4 rings (SSSR count). The Bertz CT molecular complexity index is 331. The van der Waals surface area contributed by atoms with Crippen LogP contribution in [-0.4, -0.2) is 3.42 Å². The molecule has 96 valence electrons. The molecule has 0 spiro atoms. The lowest BCUT2D eigenvalue weighted by atomic mass is 9.55. The summed E-state index contributed by atoms with van der Waals surface area (Å²) in [5, 5.41) is 0. The lowest BCUT2D eigenvalue weighted by Gasteiger charge is -2.52. The van der Waals surface area contributed by atoms with Gasteiger partial charge >= 0.3 is 0 Å². The first-order valence-electron chi connectivity index (χ1n) is 7.12. The van der Waals surface area contributed by atoms with Gasteiger partial charge in [-0.2, -0.15) is 0 Å².